The summed E-state index contributed by atoms with van der Waals surface area (Å²) < 4.78 is 0. The Morgan fingerprint density at radius 3 is 1.65 bits per heavy atom. The Morgan fingerprint density at radius 2 is 0.735 bits per heavy atom. The van der Waals surface area contributed by atoms with Crippen LogP contribution in [0.4, 0.5) is 0 Å². The van der Waals surface area contributed by atoms with Crippen molar-refractivity contribution in [2.24, 2.45) is 0 Å². The molecule has 9 aromatic rings. The van der Waals surface area contributed by atoms with Crippen molar-refractivity contribution in [3.05, 3.63) is 109 Å². The van der Waals surface area contributed by atoms with Crippen molar-refractivity contribution < 1.29 is 0 Å². The first kappa shape index (κ1) is 17.1. The maximum Gasteiger partial charge on any atom is -0.000785 e. The van der Waals surface area contributed by atoms with Gasteiger partial charge in [-0.3, -0.25) is 0 Å². The summed E-state index contributed by atoms with van der Waals surface area (Å²) in [6.07, 6.45) is 0. The minimum absolute atomic E-state index is 1.31. The van der Waals surface area contributed by atoms with Crippen molar-refractivity contribution >= 4 is 86.2 Å². The van der Waals surface area contributed by atoms with Crippen molar-refractivity contribution in [1.29, 1.82) is 0 Å². The fourth-order valence-corrected chi connectivity index (χ4v) is 6.77. The summed E-state index contributed by atoms with van der Waals surface area (Å²) in [4.78, 5) is 0. The van der Waals surface area contributed by atoms with Gasteiger partial charge < -0.3 is 0 Å². The van der Waals surface area contributed by atoms with Crippen molar-refractivity contribution in [1.82, 2.24) is 0 Å². The summed E-state index contributed by atoms with van der Waals surface area (Å²) in [7, 11) is 0. The Balaban J connectivity index is 1.71. The van der Waals surface area contributed by atoms with E-state index >= 15 is 0 Å². The largest absolute Gasteiger partial charge is 0.0616 e. The highest BCUT2D eigenvalue weighted by Crippen LogP contribution is 2.49. The highest BCUT2D eigenvalue weighted by Gasteiger charge is 2.20. The van der Waals surface area contributed by atoms with Crippen molar-refractivity contribution in [2.45, 2.75) is 0 Å². The molecule has 0 nitrogen and oxygen atoms in total. The van der Waals surface area contributed by atoms with Crippen molar-refractivity contribution in [3.63, 3.8) is 0 Å². The van der Waals surface area contributed by atoms with Gasteiger partial charge in [-0.25, -0.2) is 0 Å². The van der Waals surface area contributed by atoms with Crippen LogP contribution in [0.2, 0.25) is 0 Å². The van der Waals surface area contributed by atoms with Gasteiger partial charge in [0.25, 0.3) is 0 Å². The van der Waals surface area contributed by atoms with Crippen LogP contribution < -0.4 is 0 Å². The normalized spacial score (nSPS) is 12.7. The first-order valence-corrected chi connectivity index (χ1v) is 12.0. The second-order valence-electron chi connectivity index (χ2n) is 9.66. The van der Waals surface area contributed by atoms with Gasteiger partial charge in [0.05, 0.1) is 0 Å². The van der Waals surface area contributed by atoms with Gasteiger partial charge in [-0.05, 0) is 92.2 Å². The molecule has 0 atom stereocenters. The molecular formula is C34H18. The highest BCUT2D eigenvalue weighted by atomic mass is 14.2. The van der Waals surface area contributed by atoms with E-state index in [4.69, 9.17) is 0 Å². The zero-order valence-electron chi connectivity index (χ0n) is 18.4. The average molecular weight is 427 g/mol. The number of benzene rings is 9. The van der Waals surface area contributed by atoms with E-state index in [0.717, 1.165) is 0 Å². The lowest BCUT2D eigenvalue weighted by atomic mass is 9.82. The Kier molecular flexibility index (Phi) is 2.88. The molecule has 0 saturated heterocycles. The Morgan fingerprint density at radius 1 is 0.235 bits per heavy atom. The minimum atomic E-state index is 1.31. The van der Waals surface area contributed by atoms with Crippen LogP contribution in [0.1, 0.15) is 0 Å². The SMILES string of the molecule is c1ccc2c(c1)cc1ccc3c4c(ccc2c14)c1ccc2cccc4c5ccccc5c3c1c24. The minimum Gasteiger partial charge on any atom is -0.0616 e. The molecule has 0 aliphatic rings. The van der Waals surface area contributed by atoms with Crippen LogP contribution in [0, 0.1) is 0 Å². The monoisotopic (exact) mass is 426 g/mol. The van der Waals surface area contributed by atoms with Crippen LogP contribution in [0.5, 0.6) is 0 Å². The molecule has 0 spiro atoms. The van der Waals surface area contributed by atoms with Gasteiger partial charge in [-0.2, -0.15) is 0 Å². The molecule has 34 heavy (non-hydrogen) atoms. The van der Waals surface area contributed by atoms with Crippen LogP contribution in [-0.4, -0.2) is 0 Å². The molecule has 154 valence electrons. The molecule has 0 saturated carbocycles. The molecule has 0 heterocycles. The third-order valence-corrected chi connectivity index (χ3v) is 8.10. The number of hydrogen-bond donors (Lipinski definition) is 0. The van der Waals surface area contributed by atoms with Crippen LogP contribution >= 0.6 is 0 Å². The average Bonchev–Trinajstić information content (AvgIpc) is 2.90. The van der Waals surface area contributed by atoms with E-state index in [1.165, 1.54) is 86.2 Å². The van der Waals surface area contributed by atoms with Gasteiger partial charge in [0.1, 0.15) is 0 Å². The van der Waals surface area contributed by atoms with E-state index in [0.29, 0.717) is 0 Å². The predicted octanol–water partition coefficient (Wildman–Crippen LogP) is 9.79. The summed E-state index contributed by atoms with van der Waals surface area (Å²) in [6.45, 7) is 0. The second-order valence-corrected chi connectivity index (χ2v) is 9.66. The molecule has 0 radical (unpaired) electrons. The zero-order valence-corrected chi connectivity index (χ0v) is 18.4. The van der Waals surface area contributed by atoms with Gasteiger partial charge >= 0.3 is 0 Å². The van der Waals surface area contributed by atoms with E-state index in [9.17, 15) is 0 Å². The first-order valence-electron chi connectivity index (χ1n) is 12.0. The molecule has 0 aromatic heterocycles. The third-order valence-electron chi connectivity index (χ3n) is 8.10. The quantitative estimate of drug-likeness (QED) is 0.167. The smallest absolute Gasteiger partial charge is 0.000785 e. The molecule has 0 N–H and O–H groups in total. The number of rotatable bonds is 0. The van der Waals surface area contributed by atoms with E-state index < -0.39 is 0 Å². The standard InChI is InChI=1S/C34H18/c1-2-8-22-20(6-1)18-21-13-15-29-32-27(17-16-26(22)31(21)32)28-14-12-19-7-5-11-24-23-9-3-4-10-25(23)33(29)34(28)30(19)24/h1-18H. The molecule has 0 aliphatic heterocycles. The summed E-state index contributed by atoms with van der Waals surface area (Å²) in [5.41, 5.74) is 0. The number of hydrogen-bond acceptors (Lipinski definition) is 0. The zero-order chi connectivity index (χ0) is 22.0. The summed E-state index contributed by atoms with van der Waals surface area (Å²) >= 11 is 0. The van der Waals surface area contributed by atoms with Crippen molar-refractivity contribution in [2.75, 3.05) is 0 Å². The van der Waals surface area contributed by atoms with E-state index in [-0.39, 0.29) is 0 Å². The van der Waals surface area contributed by atoms with Gasteiger partial charge in [0.2, 0.25) is 0 Å². The molecule has 0 amide bonds. The topological polar surface area (TPSA) is 0 Å². The van der Waals surface area contributed by atoms with E-state index in [1.807, 2.05) is 0 Å². The van der Waals surface area contributed by atoms with Gasteiger partial charge in [-0.15, -0.1) is 0 Å². The fourth-order valence-electron chi connectivity index (χ4n) is 6.77. The van der Waals surface area contributed by atoms with Gasteiger partial charge in [0.15, 0.2) is 0 Å². The third kappa shape index (κ3) is 1.85. The Labute approximate surface area is 195 Å². The fraction of sp³-hybridized carbons (Fsp3) is 0. The van der Waals surface area contributed by atoms with Crippen LogP contribution in [0.3, 0.4) is 0 Å². The van der Waals surface area contributed by atoms with Gasteiger partial charge in [0, 0.05) is 0 Å². The molecule has 0 aliphatic carbocycles. The molecule has 0 fully saturated rings. The van der Waals surface area contributed by atoms with Crippen LogP contribution in [0.25, 0.3) is 86.2 Å². The molecule has 0 unspecified atom stereocenters. The molecule has 0 bridgehead atoms. The number of fused-ring (bicyclic) bond motifs is 7. The maximum absolute atomic E-state index is 2.37. The van der Waals surface area contributed by atoms with Crippen molar-refractivity contribution in [3.8, 4) is 0 Å². The molecular weight excluding hydrogens is 408 g/mol. The second kappa shape index (κ2) is 5.73. The molecule has 9 rings (SSSR count). The van der Waals surface area contributed by atoms with E-state index in [1.54, 1.807) is 0 Å². The molecule has 9 aromatic carbocycles. The summed E-state index contributed by atoms with van der Waals surface area (Å²) in [5.74, 6) is 0. The summed E-state index contributed by atoms with van der Waals surface area (Å²) in [5, 5.41) is 21.7. The van der Waals surface area contributed by atoms with E-state index in [2.05, 4.69) is 109 Å². The Bertz CT molecular complexity index is 2270. The van der Waals surface area contributed by atoms with Crippen LogP contribution in [-0.2, 0) is 0 Å². The first-order chi connectivity index (χ1) is 16.9. The summed E-state index contributed by atoms with van der Waals surface area (Å²) in [6, 6.07) is 40.9. The van der Waals surface area contributed by atoms with Gasteiger partial charge in [-0.1, -0.05) is 103 Å². The highest BCUT2D eigenvalue weighted by molar-refractivity contribution is 6.45. The lowest BCUT2D eigenvalue weighted by Crippen LogP contribution is -1.92. The molecule has 0 heteroatoms. The Hall–Kier alpha value is -4.42. The lowest BCUT2D eigenvalue weighted by Gasteiger charge is -2.20. The predicted molar refractivity (Wildman–Crippen MR) is 149 cm³/mol. The maximum atomic E-state index is 2.37. The van der Waals surface area contributed by atoms with Crippen LogP contribution in [0.15, 0.2) is 109 Å². The lowest BCUT2D eigenvalue weighted by molar-refractivity contribution is 1.79.